The largest absolute Gasteiger partial charge is 0.339 e. The van der Waals surface area contributed by atoms with Crippen molar-refractivity contribution in [2.45, 2.75) is 52.1 Å². The monoisotopic (exact) mass is 252 g/mol. The Balaban J connectivity index is 1.93. The van der Waals surface area contributed by atoms with Gasteiger partial charge in [-0.2, -0.15) is 4.98 Å². The van der Waals surface area contributed by atoms with Crippen molar-refractivity contribution in [2.24, 2.45) is 11.7 Å². The van der Waals surface area contributed by atoms with Crippen LogP contribution in [0.25, 0.3) is 0 Å². The molecule has 1 atom stereocenters. The predicted molar refractivity (Wildman–Crippen MR) is 69.9 cm³/mol. The fourth-order valence-corrected chi connectivity index (χ4v) is 2.50. The third kappa shape index (κ3) is 3.53. The lowest BCUT2D eigenvalue weighted by Gasteiger charge is -2.33. The number of likely N-dealkylation sites (tertiary alicyclic amines) is 1. The Kier molecular flexibility index (Phi) is 4.72. The molecule has 2 rings (SSSR count). The van der Waals surface area contributed by atoms with E-state index in [0.29, 0.717) is 12.0 Å². The minimum absolute atomic E-state index is 0.478. The van der Waals surface area contributed by atoms with Crippen LogP contribution in [-0.4, -0.2) is 34.2 Å². The van der Waals surface area contributed by atoms with E-state index in [9.17, 15) is 0 Å². The molecule has 0 aliphatic carbocycles. The van der Waals surface area contributed by atoms with Crippen molar-refractivity contribution in [3.05, 3.63) is 11.7 Å². The molecule has 1 aliphatic rings. The minimum Gasteiger partial charge on any atom is -0.339 e. The van der Waals surface area contributed by atoms with E-state index >= 15 is 0 Å². The van der Waals surface area contributed by atoms with Gasteiger partial charge in [0.2, 0.25) is 5.89 Å². The molecule has 2 N–H and O–H groups in total. The van der Waals surface area contributed by atoms with Gasteiger partial charge in [0.1, 0.15) is 0 Å². The zero-order chi connectivity index (χ0) is 13.0. The molecule has 1 aromatic rings. The topological polar surface area (TPSA) is 68.2 Å². The van der Waals surface area contributed by atoms with Crippen LogP contribution in [0.5, 0.6) is 0 Å². The third-order valence-corrected chi connectivity index (χ3v) is 3.46. The molecule has 1 saturated heterocycles. The highest BCUT2D eigenvalue weighted by Crippen LogP contribution is 2.18. The quantitative estimate of drug-likeness (QED) is 0.861. The SMILES string of the molecule is CC(C)Cc1nc(CN2CCCCC2CN)no1. The van der Waals surface area contributed by atoms with Crippen LogP contribution in [0.3, 0.4) is 0 Å². The fourth-order valence-electron chi connectivity index (χ4n) is 2.50. The number of aromatic nitrogens is 2. The van der Waals surface area contributed by atoms with E-state index in [1.807, 2.05) is 0 Å². The minimum atomic E-state index is 0.478. The highest BCUT2D eigenvalue weighted by molar-refractivity contribution is 4.89. The molecule has 102 valence electrons. The average molecular weight is 252 g/mol. The van der Waals surface area contributed by atoms with E-state index in [2.05, 4.69) is 28.9 Å². The van der Waals surface area contributed by atoms with Crippen molar-refractivity contribution >= 4 is 0 Å². The molecule has 0 amide bonds. The average Bonchev–Trinajstić information content (AvgIpc) is 2.76. The lowest BCUT2D eigenvalue weighted by atomic mass is 10.0. The summed E-state index contributed by atoms with van der Waals surface area (Å²) in [6.45, 7) is 6.88. The summed E-state index contributed by atoms with van der Waals surface area (Å²) < 4.78 is 5.27. The van der Waals surface area contributed by atoms with Gasteiger partial charge in [-0.25, -0.2) is 0 Å². The van der Waals surface area contributed by atoms with E-state index in [4.69, 9.17) is 10.3 Å². The second-order valence-electron chi connectivity index (χ2n) is 5.56. The molecule has 0 bridgehead atoms. The number of nitrogens with two attached hydrogens (primary N) is 1. The van der Waals surface area contributed by atoms with Crippen LogP contribution in [0.1, 0.15) is 44.8 Å². The van der Waals surface area contributed by atoms with Gasteiger partial charge in [-0.15, -0.1) is 0 Å². The van der Waals surface area contributed by atoms with Gasteiger partial charge in [-0.3, -0.25) is 4.90 Å². The van der Waals surface area contributed by atoms with Gasteiger partial charge in [0, 0.05) is 19.0 Å². The first-order chi connectivity index (χ1) is 8.69. The van der Waals surface area contributed by atoms with Gasteiger partial charge in [0.15, 0.2) is 5.82 Å². The molecule has 5 heteroatoms. The number of hydrogen-bond acceptors (Lipinski definition) is 5. The van der Waals surface area contributed by atoms with Crippen molar-refractivity contribution < 1.29 is 4.52 Å². The molecule has 0 spiro atoms. The Hall–Kier alpha value is -0.940. The van der Waals surface area contributed by atoms with Gasteiger partial charge in [-0.1, -0.05) is 25.4 Å². The standard InChI is InChI=1S/C13H24N4O/c1-10(2)7-13-15-12(16-18-13)9-17-6-4-3-5-11(17)8-14/h10-11H,3-9,14H2,1-2H3. The zero-order valence-corrected chi connectivity index (χ0v) is 11.4. The summed E-state index contributed by atoms with van der Waals surface area (Å²) in [6.07, 6.45) is 4.57. The van der Waals surface area contributed by atoms with E-state index in [1.165, 1.54) is 19.3 Å². The Morgan fingerprint density at radius 1 is 1.44 bits per heavy atom. The molecule has 1 unspecified atom stereocenters. The number of nitrogens with zero attached hydrogens (tertiary/aromatic N) is 3. The third-order valence-electron chi connectivity index (χ3n) is 3.46. The maximum absolute atomic E-state index is 5.81. The van der Waals surface area contributed by atoms with Gasteiger partial charge in [0.25, 0.3) is 0 Å². The van der Waals surface area contributed by atoms with Crippen LogP contribution in [0.4, 0.5) is 0 Å². The number of rotatable bonds is 5. The Morgan fingerprint density at radius 2 is 2.28 bits per heavy atom. The molecule has 1 aromatic heterocycles. The van der Waals surface area contributed by atoms with Gasteiger partial charge in [0.05, 0.1) is 6.54 Å². The van der Waals surface area contributed by atoms with E-state index in [-0.39, 0.29) is 0 Å². The highest BCUT2D eigenvalue weighted by Gasteiger charge is 2.22. The molecule has 1 aliphatic heterocycles. The second-order valence-corrected chi connectivity index (χ2v) is 5.56. The van der Waals surface area contributed by atoms with Crippen LogP contribution in [0.2, 0.25) is 0 Å². The van der Waals surface area contributed by atoms with Gasteiger partial charge in [-0.05, 0) is 25.3 Å². The smallest absolute Gasteiger partial charge is 0.226 e. The predicted octanol–water partition coefficient (Wildman–Crippen LogP) is 1.58. The highest BCUT2D eigenvalue weighted by atomic mass is 16.5. The summed E-state index contributed by atoms with van der Waals surface area (Å²) in [6, 6.07) is 0.478. The Bertz CT molecular complexity index is 364. The lowest BCUT2D eigenvalue weighted by molar-refractivity contribution is 0.140. The molecule has 0 saturated carbocycles. The molecule has 5 nitrogen and oxygen atoms in total. The lowest BCUT2D eigenvalue weighted by Crippen LogP contribution is -2.43. The second kappa shape index (κ2) is 6.29. The number of piperidine rings is 1. The Labute approximate surface area is 109 Å². The van der Waals surface area contributed by atoms with Gasteiger partial charge < -0.3 is 10.3 Å². The van der Waals surface area contributed by atoms with Crippen LogP contribution >= 0.6 is 0 Å². The zero-order valence-electron chi connectivity index (χ0n) is 11.4. The molecule has 2 heterocycles. The normalized spacial score (nSPS) is 21.7. The first-order valence-electron chi connectivity index (χ1n) is 6.94. The summed E-state index contributed by atoms with van der Waals surface area (Å²) in [5.41, 5.74) is 5.81. The summed E-state index contributed by atoms with van der Waals surface area (Å²) in [5, 5.41) is 4.06. The van der Waals surface area contributed by atoms with Crippen molar-refractivity contribution in [3.63, 3.8) is 0 Å². The first kappa shape index (κ1) is 13.5. The molecular weight excluding hydrogens is 228 g/mol. The number of hydrogen-bond donors (Lipinski definition) is 1. The van der Waals surface area contributed by atoms with E-state index in [0.717, 1.165) is 37.8 Å². The van der Waals surface area contributed by atoms with Crippen LogP contribution in [0, 0.1) is 5.92 Å². The van der Waals surface area contributed by atoms with Gasteiger partial charge >= 0.3 is 0 Å². The van der Waals surface area contributed by atoms with Crippen molar-refractivity contribution in [3.8, 4) is 0 Å². The molecule has 1 fully saturated rings. The molecular formula is C13H24N4O. The molecule has 0 radical (unpaired) electrons. The summed E-state index contributed by atoms with van der Waals surface area (Å²) in [5.74, 6) is 2.09. The van der Waals surface area contributed by atoms with Crippen LogP contribution < -0.4 is 5.73 Å². The first-order valence-corrected chi connectivity index (χ1v) is 6.94. The summed E-state index contributed by atoms with van der Waals surface area (Å²) in [7, 11) is 0. The summed E-state index contributed by atoms with van der Waals surface area (Å²) >= 11 is 0. The van der Waals surface area contributed by atoms with E-state index < -0.39 is 0 Å². The van der Waals surface area contributed by atoms with E-state index in [1.54, 1.807) is 0 Å². The van der Waals surface area contributed by atoms with Crippen molar-refractivity contribution in [2.75, 3.05) is 13.1 Å². The summed E-state index contributed by atoms with van der Waals surface area (Å²) in [4.78, 5) is 6.84. The van der Waals surface area contributed by atoms with Crippen LogP contribution in [-0.2, 0) is 13.0 Å². The van der Waals surface area contributed by atoms with Crippen molar-refractivity contribution in [1.82, 2.24) is 15.0 Å². The van der Waals surface area contributed by atoms with Crippen LogP contribution in [0.15, 0.2) is 4.52 Å². The van der Waals surface area contributed by atoms with Crippen molar-refractivity contribution in [1.29, 1.82) is 0 Å². The Morgan fingerprint density at radius 3 is 3.00 bits per heavy atom. The maximum atomic E-state index is 5.81. The molecule has 0 aromatic carbocycles. The maximum Gasteiger partial charge on any atom is 0.226 e. The molecule has 18 heavy (non-hydrogen) atoms. The fraction of sp³-hybridized carbons (Fsp3) is 0.846.